The van der Waals surface area contributed by atoms with E-state index in [0.717, 1.165) is 0 Å². The quantitative estimate of drug-likeness (QED) is 0.442. The standard InChI is InChI=1S/C24H22N4O4/c1-14(9-10-22(30)31)24(32)27-16-6-4-5-15(11-16)18-12-20(28-23(26)19(18)13-25)17-7-2-3-8-21(17)29/h2-8,11-12,14,29H,9-10H2,1H3,(H2,26,28)(H,27,32)(H,30,31). The first-order valence-corrected chi connectivity index (χ1v) is 9.92. The van der Waals surface area contributed by atoms with Crippen molar-refractivity contribution in [2.24, 2.45) is 5.92 Å². The maximum absolute atomic E-state index is 12.4. The van der Waals surface area contributed by atoms with Crippen molar-refractivity contribution in [3.05, 3.63) is 60.2 Å². The highest BCUT2D eigenvalue weighted by Crippen LogP contribution is 2.35. The van der Waals surface area contributed by atoms with E-state index in [2.05, 4.69) is 16.4 Å². The number of nitriles is 1. The Kier molecular flexibility index (Phi) is 6.71. The number of para-hydroxylation sites is 1. The summed E-state index contributed by atoms with van der Waals surface area (Å²) in [6, 6.07) is 17.3. The van der Waals surface area contributed by atoms with Crippen LogP contribution >= 0.6 is 0 Å². The van der Waals surface area contributed by atoms with Gasteiger partial charge in [-0.25, -0.2) is 4.98 Å². The predicted molar refractivity (Wildman–Crippen MR) is 121 cm³/mol. The van der Waals surface area contributed by atoms with Gasteiger partial charge in [0.25, 0.3) is 0 Å². The molecule has 1 amide bonds. The fourth-order valence-corrected chi connectivity index (χ4v) is 3.24. The molecule has 5 N–H and O–H groups in total. The van der Waals surface area contributed by atoms with E-state index < -0.39 is 11.9 Å². The lowest BCUT2D eigenvalue weighted by atomic mass is 9.97. The van der Waals surface area contributed by atoms with Gasteiger partial charge in [-0.1, -0.05) is 31.2 Å². The van der Waals surface area contributed by atoms with E-state index in [-0.39, 0.29) is 35.9 Å². The fourth-order valence-electron chi connectivity index (χ4n) is 3.24. The minimum absolute atomic E-state index is 0.0278. The first-order chi connectivity index (χ1) is 15.3. The van der Waals surface area contributed by atoms with Crippen molar-refractivity contribution < 1.29 is 19.8 Å². The molecule has 3 aromatic rings. The summed E-state index contributed by atoms with van der Waals surface area (Å²) < 4.78 is 0. The lowest BCUT2D eigenvalue weighted by Crippen LogP contribution is -2.21. The van der Waals surface area contributed by atoms with Crippen LogP contribution in [0.25, 0.3) is 22.4 Å². The van der Waals surface area contributed by atoms with E-state index >= 15 is 0 Å². The SMILES string of the molecule is CC(CCC(=O)O)C(=O)Nc1cccc(-c2cc(-c3ccccc3O)nc(N)c2C#N)c1. The summed E-state index contributed by atoms with van der Waals surface area (Å²) in [6.07, 6.45) is 0.135. The first kappa shape index (κ1) is 22.3. The summed E-state index contributed by atoms with van der Waals surface area (Å²) in [5.41, 5.74) is 8.74. The number of nitrogens with one attached hydrogen (secondary N) is 1. The number of rotatable bonds is 7. The van der Waals surface area contributed by atoms with Gasteiger partial charge in [0, 0.05) is 29.2 Å². The van der Waals surface area contributed by atoms with Gasteiger partial charge in [0.1, 0.15) is 23.2 Å². The van der Waals surface area contributed by atoms with Crippen molar-refractivity contribution in [2.45, 2.75) is 19.8 Å². The molecule has 1 atom stereocenters. The van der Waals surface area contributed by atoms with Crippen molar-refractivity contribution in [2.75, 3.05) is 11.1 Å². The molecule has 0 saturated heterocycles. The third kappa shape index (κ3) is 5.02. The van der Waals surface area contributed by atoms with Gasteiger partial charge >= 0.3 is 5.97 Å². The van der Waals surface area contributed by atoms with Crippen LogP contribution in [0.3, 0.4) is 0 Å². The highest BCUT2D eigenvalue weighted by molar-refractivity contribution is 5.93. The summed E-state index contributed by atoms with van der Waals surface area (Å²) in [5.74, 6) is -1.67. The Balaban J connectivity index is 1.96. The molecule has 0 aliphatic rings. The van der Waals surface area contributed by atoms with Crippen LogP contribution in [0.2, 0.25) is 0 Å². The van der Waals surface area contributed by atoms with Gasteiger partial charge in [0.05, 0.1) is 5.69 Å². The van der Waals surface area contributed by atoms with Gasteiger partial charge in [-0.2, -0.15) is 5.26 Å². The van der Waals surface area contributed by atoms with Gasteiger partial charge in [-0.3, -0.25) is 9.59 Å². The third-order valence-corrected chi connectivity index (χ3v) is 5.02. The number of phenolic OH excluding ortho intramolecular Hbond substituents is 1. The number of amides is 1. The smallest absolute Gasteiger partial charge is 0.303 e. The molecule has 0 bridgehead atoms. The average molecular weight is 430 g/mol. The van der Waals surface area contributed by atoms with Crippen LogP contribution < -0.4 is 11.1 Å². The van der Waals surface area contributed by atoms with E-state index in [1.165, 1.54) is 6.07 Å². The molecule has 0 spiro atoms. The Morgan fingerprint density at radius 2 is 1.91 bits per heavy atom. The Hall–Kier alpha value is -4.38. The number of hydrogen-bond donors (Lipinski definition) is 4. The number of carbonyl (C=O) groups excluding carboxylic acids is 1. The molecule has 8 nitrogen and oxygen atoms in total. The van der Waals surface area contributed by atoms with Gasteiger partial charge in [-0.05, 0) is 42.3 Å². The predicted octanol–water partition coefficient (Wildman–Crippen LogP) is 4.01. The Labute approximate surface area is 185 Å². The molecule has 0 radical (unpaired) electrons. The number of hydrogen-bond acceptors (Lipinski definition) is 6. The molecule has 1 heterocycles. The van der Waals surface area contributed by atoms with Gasteiger partial charge < -0.3 is 21.3 Å². The maximum Gasteiger partial charge on any atom is 0.303 e. The molecule has 1 aromatic heterocycles. The second-order valence-corrected chi connectivity index (χ2v) is 7.35. The third-order valence-electron chi connectivity index (χ3n) is 5.02. The summed E-state index contributed by atoms with van der Waals surface area (Å²) >= 11 is 0. The number of nitrogen functional groups attached to an aromatic ring is 1. The summed E-state index contributed by atoms with van der Waals surface area (Å²) in [6.45, 7) is 1.66. The fraction of sp³-hybridized carbons (Fsp3) is 0.167. The molecule has 1 unspecified atom stereocenters. The lowest BCUT2D eigenvalue weighted by Gasteiger charge is -2.14. The monoisotopic (exact) mass is 430 g/mol. The maximum atomic E-state index is 12.4. The first-order valence-electron chi connectivity index (χ1n) is 9.92. The molecular formula is C24H22N4O4. The van der Waals surface area contributed by atoms with E-state index in [9.17, 15) is 20.0 Å². The summed E-state index contributed by atoms with van der Waals surface area (Å²) in [4.78, 5) is 27.4. The number of anilines is 2. The number of phenols is 1. The molecule has 0 aliphatic carbocycles. The molecule has 8 heteroatoms. The number of benzene rings is 2. The molecule has 0 saturated carbocycles. The van der Waals surface area contributed by atoms with Crippen LogP contribution in [-0.2, 0) is 9.59 Å². The van der Waals surface area contributed by atoms with E-state index in [1.54, 1.807) is 55.5 Å². The van der Waals surface area contributed by atoms with Crippen molar-refractivity contribution >= 4 is 23.4 Å². The van der Waals surface area contributed by atoms with Gasteiger partial charge in [0.15, 0.2) is 0 Å². The van der Waals surface area contributed by atoms with Gasteiger partial charge in [-0.15, -0.1) is 0 Å². The normalized spacial score (nSPS) is 11.4. The largest absolute Gasteiger partial charge is 0.507 e. The molecule has 2 aromatic carbocycles. The number of pyridine rings is 1. The van der Waals surface area contributed by atoms with Crippen molar-refractivity contribution in [3.63, 3.8) is 0 Å². The number of aromatic hydroxyl groups is 1. The molecule has 162 valence electrons. The van der Waals surface area contributed by atoms with Gasteiger partial charge in [0.2, 0.25) is 5.91 Å². The van der Waals surface area contributed by atoms with E-state index in [0.29, 0.717) is 28.1 Å². The molecular weight excluding hydrogens is 408 g/mol. The van der Waals surface area contributed by atoms with Crippen molar-refractivity contribution in [1.29, 1.82) is 5.26 Å². The summed E-state index contributed by atoms with van der Waals surface area (Å²) in [5, 5.41) is 31.4. The number of nitrogens with two attached hydrogens (primary N) is 1. The van der Waals surface area contributed by atoms with Crippen LogP contribution in [0.5, 0.6) is 5.75 Å². The lowest BCUT2D eigenvalue weighted by molar-refractivity contribution is -0.137. The highest BCUT2D eigenvalue weighted by Gasteiger charge is 2.17. The Morgan fingerprint density at radius 1 is 1.16 bits per heavy atom. The minimum atomic E-state index is -0.953. The van der Waals surface area contributed by atoms with Crippen molar-refractivity contribution in [1.82, 2.24) is 4.98 Å². The minimum Gasteiger partial charge on any atom is -0.507 e. The van der Waals surface area contributed by atoms with E-state index in [4.69, 9.17) is 10.8 Å². The zero-order valence-electron chi connectivity index (χ0n) is 17.4. The molecule has 0 aliphatic heterocycles. The molecule has 32 heavy (non-hydrogen) atoms. The summed E-state index contributed by atoms with van der Waals surface area (Å²) in [7, 11) is 0. The number of carboxylic acids is 1. The van der Waals surface area contributed by atoms with Crippen LogP contribution in [0, 0.1) is 17.2 Å². The highest BCUT2D eigenvalue weighted by atomic mass is 16.4. The molecule has 0 fully saturated rings. The zero-order chi connectivity index (χ0) is 23.3. The Bertz CT molecular complexity index is 1220. The zero-order valence-corrected chi connectivity index (χ0v) is 17.4. The number of aliphatic carboxylic acids is 1. The number of carboxylic acid groups (broad SMARTS) is 1. The molecule has 3 rings (SSSR count). The van der Waals surface area contributed by atoms with E-state index in [1.807, 2.05) is 0 Å². The number of aromatic nitrogens is 1. The van der Waals surface area contributed by atoms with Crippen LogP contribution in [-0.4, -0.2) is 27.1 Å². The second-order valence-electron chi connectivity index (χ2n) is 7.35. The second kappa shape index (κ2) is 9.62. The van der Waals surface area contributed by atoms with Crippen LogP contribution in [0.4, 0.5) is 11.5 Å². The van der Waals surface area contributed by atoms with Crippen LogP contribution in [0.1, 0.15) is 25.3 Å². The van der Waals surface area contributed by atoms with Crippen molar-refractivity contribution in [3.8, 4) is 34.2 Å². The van der Waals surface area contributed by atoms with Crippen LogP contribution in [0.15, 0.2) is 54.6 Å². The average Bonchev–Trinajstić information content (AvgIpc) is 2.77. The Morgan fingerprint density at radius 3 is 2.59 bits per heavy atom. The number of carbonyl (C=O) groups is 2. The topological polar surface area (TPSA) is 149 Å². The number of nitrogens with zero attached hydrogens (tertiary/aromatic N) is 2.